The maximum Gasteiger partial charge on any atom is 0.470 e. The molecule has 8 heteroatoms. The van der Waals surface area contributed by atoms with E-state index < -0.39 is 17.9 Å². The molecule has 0 aliphatic carbocycles. The quantitative estimate of drug-likeness (QED) is 0.712. The summed E-state index contributed by atoms with van der Waals surface area (Å²) < 4.78 is 56.0. The monoisotopic (exact) mass is 337 g/mol. The van der Waals surface area contributed by atoms with Gasteiger partial charge in [-0.05, 0) is 24.3 Å². The molecule has 0 bridgehead atoms. The molecule has 2 aromatic carbocycles. The lowest BCUT2D eigenvalue weighted by molar-refractivity contribution is -0.156. The van der Waals surface area contributed by atoms with E-state index in [0.717, 1.165) is 11.8 Å². The minimum Gasteiger partial charge on any atom is -0.413 e. The molecule has 0 amide bonds. The number of alkyl halides is 3. The Morgan fingerprint density at radius 2 is 1.75 bits per heavy atom. The van der Waals surface area contributed by atoms with E-state index in [4.69, 9.17) is 0 Å². The van der Waals surface area contributed by atoms with E-state index in [0.29, 0.717) is 5.56 Å². The van der Waals surface area contributed by atoms with Crippen LogP contribution in [0.15, 0.2) is 52.9 Å². The Balaban J connectivity index is 1.76. The van der Waals surface area contributed by atoms with Gasteiger partial charge in [-0.2, -0.15) is 13.2 Å². The number of nitrogens with zero attached hydrogens (tertiary/aromatic N) is 2. The number of nitrogens with one attached hydrogen (secondary N) is 1. The van der Waals surface area contributed by atoms with Gasteiger partial charge in [-0.25, -0.2) is 4.39 Å². The smallest absolute Gasteiger partial charge is 0.413 e. The number of rotatable bonds is 4. The number of anilines is 1. The van der Waals surface area contributed by atoms with Crippen LogP contribution in [0.4, 0.5) is 23.2 Å². The van der Waals surface area contributed by atoms with Crippen molar-refractivity contribution in [2.75, 3.05) is 5.32 Å². The highest BCUT2D eigenvalue weighted by Crippen LogP contribution is 2.30. The van der Waals surface area contributed by atoms with E-state index in [1.807, 2.05) is 30.3 Å². The summed E-state index contributed by atoms with van der Waals surface area (Å²) in [5.74, 6) is -2.43. The molecule has 0 radical (unpaired) electrons. The predicted octanol–water partition coefficient (Wildman–Crippen LogP) is 4.51. The van der Waals surface area contributed by atoms with Gasteiger partial charge < -0.3 is 9.73 Å². The largest absolute Gasteiger partial charge is 0.470 e. The second kappa shape index (κ2) is 6.31. The lowest BCUT2D eigenvalue weighted by atomic mass is 10.1. The molecule has 24 heavy (non-hydrogen) atoms. The first-order valence-corrected chi connectivity index (χ1v) is 6.92. The summed E-state index contributed by atoms with van der Waals surface area (Å²) in [6.07, 6.45) is -4.73. The average Bonchev–Trinajstić information content (AvgIpc) is 3.05. The van der Waals surface area contributed by atoms with Gasteiger partial charge in [-0.15, -0.1) is 10.2 Å². The minimum absolute atomic E-state index is 0.0824. The van der Waals surface area contributed by atoms with Crippen molar-refractivity contribution in [2.45, 2.75) is 12.7 Å². The molecule has 3 aromatic rings. The van der Waals surface area contributed by atoms with Gasteiger partial charge in [0.25, 0.3) is 0 Å². The predicted molar refractivity (Wildman–Crippen MR) is 78.5 cm³/mol. The highest BCUT2D eigenvalue weighted by molar-refractivity contribution is 5.54. The fourth-order valence-corrected chi connectivity index (χ4v) is 2.03. The van der Waals surface area contributed by atoms with Crippen molar-refractivity contribution in [2.24, 2.45) is 0 Å². The summed E-state index contributed by atoms with van der Waals surface area (Å²) >= 11 is 0. The van der Waals surface area contributed by atoms with Gasteiger partial charge in [0.1, 0.15) is 5.82 Å². The normalized spacial score (nSPS) is 11.5. The molecule has 3 rings (SSSR count). The standard InChI is InChI=1S/C16H11F4N3O/c17-13-8-10(14-22-23-15(24-14)16(18,19)20)6-7-11(13)9-21-12-4-2-1-3-5-12/h1-8,21H,9H2. The van der Waals surface area contributed by atoms with Crippen molar-refractivity contribution in [3.05, 3.63) is 65.8 Å². The molecule has 0 atom stereocenters. The Bertz CT molecular complexity index is 831. The van der Waals surface area contributed by atoms with Crippen molar-refractivity contribution >= 4 is 5.69 Å². The molecule has 1 heterocycles. The van der Waals surface area contributed by atoms with Gasteiger partial charge in [-0.3, -0.25) is 0 Å². The van der Waals surface area contributed by atoms with Crippen LogP contribution in [-0.2, 0) is 12.7 Å². The summed E-state index contributed by atoms with van der Waals surface area (Å²) in [6.45, 7) is 0.230. The lowest BCUT2D eigenvalue weighted by Crippen LogP contribution is -2.04. The minimum atomic E-state index is -4.73. The first-order valence-electron chi connectivity index (χ1n) is 6.92. The van der Waals surface area contributed by atoms with Crippen LogP contribution in [0.5, 0.6) is 0 Å². The molecule has 0 aliphatic rings. The second-order valence-electron chi connectivity index (χ2n) is 4.94. The fraction of sp³-hybridized carbons (Fsp3) is 0.125. The van der Waals surface area contributed by atoms with Crippen molar-refractivity contribution < 1.29 is 22.0 Å². The van der Waals surface area contributed by atoms with Gasteiger partial charge in [0.2, 0.25) is 5.89 Å². The molecule has 0 saturated carbocycles. The third-order valence-corrected chi connectivity index (χ3v) is 3.22. The van der Waals surface area contributed by atoms with Crippen LogP contribution in [0.25, 0.3) is 11.5 Å². The van der Waals surface area contributed by atoms with E-state index in [1.165, 1.54) is 12.1 Å². The maximum atomic E-state index is 14.1. The van der Waals surface area contributed by atoms with Gasteiger partial charge in [0.15, 0.2) is 0 Å². The summed E-state index contributed by atoms with van der Waals surface area (Å²) in [6, 6.07) is 13.2. The summed E-state index contributed by atoms with van der Waals surface area (Å²) in [5.41, 5.74) is 1.27. The molecule has 1 N–H and O–H groups in total. The maximum absolute atomic E-state index is 14.1. The lowest BCUT2D eigenvalue weighted by Gasteiger charge is -2.08. The van der Waals surface area contributed by atoms with Crippen LogP contribution >= 0.6 is 0 Å². The zero-order valence-corrected chi connectivity index (χ0v) is 12.1. The Kier molecular flexibility index (Phi) is 4.20. The summed E-state index contributed by atoms with van der Waals surface area (Å²) in [7, 11) is 0. The van der Waals surface area contributed by atoms with Gasteiger partial charge in [-0.1, -0.05) is 24.3 Å². The van der Waals surface area contributed by atoms with E-state index in [1.54, 1.807) is 0 Å². The molecule has 0 spiro atoms. The van der Waals surface area contributed by atoms with Gasteiger partial charge in [0, 0.05) is 23.4 Å². The highest BCUT2D eigenvalue weighted by Gasteiger charge is 2.38. The number of halogens is 4. The number of aromatic nitrogens is 2. The van der Waals surface area contributed by atoms with Crippen LogP contribution < -0.4 is 5.32 Å². The van der Waals surface area contributed by atoms with Crippen LogP contribution in [0.1, 0.15) is 11.5 Å². The second-order valence-corrected chi connectivity index (χ2v) is 4.94. The van der Waals surface area contributed by atoms with E-state index in [-0.39, 0.29) is 18.0 Å². The molecule has 124 valence electrons. The van der Waals surface area contributed by atoms with Gasteiger partial charge in [0.05, 0.1) is 0 Å². The number of hydrogen-bond donors (Lipinski definition) is 1. The van der Waals surface area contributed by atoms with E-state index in [9.17, 15) is 17.6 Å². The number of para-hydroxylation sites is 1. The highest BCUT2D eigenvalue weighted by atomic mass is 19.4. The SMILES string of the molecule is Fc1cc(-c2nnc(C(F)(F)F)o2)ccc1CNc1ccccc1. The molecular formula is C16H11F4N3O. The molecule has 0 fully saturated rings. The first kappa shape index (κ1) is 16.0. The van der Waals surface area contributed by atoms with Crippen molar-refractivity contribution in [1.82, 2.24) is 10.2 Å². The Morgan fingerprint density at radius 3 is 2.38 bits per heavy atom. The van der Waals surface area contributed by atoms with Crippen LogP contribution in [0.3, 0.4) is 0 Å². The van der Waals surface area contributed by atoms with Crippen molar-refractivity contribution in [3.63, 3.8) is 0 Å². The molecule has 0 unspecified atom stereocenters. The van der Waals surface area contributed by atoms with Gasteiger partial charge >= 0.3 is 12.1 Å². The van der Waals surface area contributed by atoms with E-state index >= 15 is 0 Å². The number of benzene rings is 2. The van der Waals surface area contributed by atoms with Crippen LogP contribution in [0, 0.1) is 5.82 Å². The average molecular weight is 337 g/mol. The zero-order valence-electron chi connectivity index (χ0n) is 12.1. The summed E-state index contributed by atoms with van der Waals surface area (Å²) in [5, 5.41) is 9.26. The third-order valence-electron chi connectivity index (χ3n) is 3.22. The molecule has 4 nitrogen and oxygen atoms in total. The van der Waals surface area contributed by atoms with E-state index in [2.05, 4.69) is 19.9 Å². The zero-order chi connectivity index (χ0) is 17.2. The Labute approximate surface area is 134 Å². The third kappa shape index (κ3) is 3.53. The topological polar surface area (TPSA) is 51.0 Å². The number of hydrogen-bond acceptors (Lipinski definition) is 4. The molecule has 0 saturated heterocycles. The van der Waals surface area contributed by atoms with Crippen LogP contribution in [0.2, 0.25) is 0 Å². The van der Waals surface area contributed by atoms with Crippen molar-refractivity contribution in [3.8, 4) is 11.5 Å². The van der Waals surface area contributed by atoms with Crippen molar-refractivity contribution in [1.29, 1.82) is 0 Å². The molecular weight excluding hydrogens is 326 g/mol. The molecule has 1 aromatic heterocycles. The summed E-state index contributed by atoms with van der Waals surface area (Å²) in [4.78, 5) is 0. The first-order chi connectivity index (χ1) is 11.4. The Morgan fingerprint density at radius 1 is 1.00 bits per heavy atom. The molecule has 0 aliphatic heterocycles. The Hall–Kier alpha value is -2.90. The fourth-order valence-electron chi connectivity index (χ4n) is 2.03. The van der Waals surface area contributed by atoms with Crippen LogP contribution in [-0.4, -0.2) is 10.2 Å².